The maximum atomic E-state index is 5.95. The highest BCUT2D eigenvalue weighted by Gasteiger charge is 2.26. The van der Waals surface area contributed by atoms with Gasteiger partial charge >= 0.3 is 0 Å². The molecular weight excluding hydrogens is 288 g/mol. The third-order valence-electron chi connectivity index (χ3n) is 4.54. The molecule has 2 nitrogen and oxygen atoms in total. The van der Waals surface area contributed by atoms with Crippen LogP contribution >= 0.6 is 23.4 Å². The van der Waals surface area contributed by atoms with Crippen LogP contribution in [0, 0.1) is 0 Å². The molecule has 1 aliphatic heterocycles. The lowest BCUT2D eigenvalue weighted by Gasteiger charge is -2.39. The number of likely N-dealkylation sites (tertiary alicyclic amines) is 1. The Hall–Kier alpha value is -0.250. The predicted octanol–water partition coefficient (Wildman–Crippen LogP) is 4.62. The molecule has 0 bridgehead atoms. The fraction of sp³-hybridized carbons (Fsp3) is 0.688. The van der Waals surface area contributed by atoms with Gasteiger partial charge in [0.15, 0.2) is 0 Å². The fourth-order valence-electron chi connectivity index (χ4n) is 3.43. The van der Waals surface area contributed by atoms with Gasteiger partial charge in [0.05, 0.1) is 5.03 Å². The smallest absolute Gasteiger partial charge is 0.130 e. The van der Waals surface area contributed by atoms with E-state index >= 15 is 0 Å². The third kappa shape index (κ3) is 3.90. The molecule has 2 fully saturated rings. The molecule has 20 heavy (non-hydrogen) atoms. The summed E-state index contributed by atoms with van der Waals surface area (Å²) in [7, 11) is 0. The van der Waals surface area contributed by atoms with Gasteiger partial charge in [0.25, 0.3) is 0 Å². The second-order valence-corrected chi connectivity index (χ2v) is 7.65. The largest absolute Gasteiger partial charge is 0.300 e. The molecule has 0 amide bonds. The summed E-state index contributed by atoms with van der Waals surface area (Å²) >= 11 is 7.86. The van der Waals surface area contributed by atoms with Crippen LogP contribution in [0.15, 0.2) is 23.2 Å². The van der Waals surface area contributed by atoms with Crippen LogP contribution < -0.4 is 0 Å². The number of rotatable bonds is 3. The maximum Gasteiger partial charge on any atom is 0.130 e. The van der Waals surface area contributed by atoms with Crippen LogP contribution in [0.2, 0.25) is 5.15 Å². The second-order valence-electron chi connectivity index (χ2n) is 5.94. The van der Waals surface area contributed by atoms with E-state index in [1.807, 2.05) is 23.9 Å². The fourth-order valence-corrected chi connectivity index (χ4v) is 4.74. The van der Waals surface area contributed by atoms with E-state index in [4.69, 9.17) is 11.6 Å². The van der Waals surface area contributed by atoms with Crippen molar-refractivity contribution < 1.29 is 0 Å². The van der Waals surface area contributed by atoms with Crippen LogP contribution in [0.3, 0.4) is 0 Å². The van der Waals surface area contributed by atoms with Crippen molar-refractivity contribution in [3.05, 3.63) is 23.4 Å². The SMILES string of the molecule is Clc1cccc(SC2CCN(C3CCCCC3)CC2)n1. The molecule has 0 unspecified atom stereocenters. The molecule has 2 heterocycles. The molecule has 1 saturated carbocycles. The van der Waals surface area contributed by atoms with Crippen molar-refractivity contribution in [1.82, 2.24) is 9.88 Å². The maximum absolute atomic E-state index is 5.95. The van der Waals surface area contributed by atoms with Crippen molar-refractivity contribution in [2.24, 2.45) is 0 Å². The minimum atomic E-state index is 0.606. The van der Waals surface area contributed by atoms with Crippen LogP contribution in [-0.4, -0.2) is 34.3 Å². The summed E-state index contributed by atoms with van der Waals surface area (Å²) < 4.78 is 0. The van der Waals surface area contributed by atoms with Gasteiger partial charge in [-0.05, 0) is 50.9 Å². The number of hydrogen-bond acceptors (Lipinski definition) is 3. The molecular formula is C16H23ClN2S. The first-order chi connectivity index (χ1) is 9.81. The van der Waals surface area contributed by atoms with Gasteiger partial charge in [0.1, 0.15) is 5.15 Å². The highest BCUT2D eigenvalue weighted by atomic mass is 35.5. The van der Waals surface area contributed by atoms with E-state index in [2.05, 4.69) is 16.0 Å². The van der Waals surface area contributed by atoms with Crippen LogP contribution in [0.1, 0.15) is 44.9 Å². The van der Waals surface area contributed by atoms with E-state index in [9.17, 15) is 0 Å². The van der Waals surface area contributed by atoms with Gasteiger partial charge in [-0.15, -0.1) is 11.8 Å². The lowest BCUT2D eigenvalue weighted by Crippen LogP contribution is -2.43. The topological polar surface area (TPSA) is 16.1 Å². The van der Waals surface area contributed by atoms with Crippen LogP contribution in [0.5, 0.6) is 0 Å². The minimum Gasteiger partial charge on any atom is -0.300 e. The van der Waals surface area contributed by atoms with Crippen molar-refractivity contribution in [3.8, 4) is 0 Å². The summed E-state index contributed by atoms with van der Waals surface area (Å²) in [5, 5.41) is 2.39. The molecule has 0 spiro atoms. The molecule has 1 aromatic rings. The summed E-state index contributed by atoms with van der Waals surface area (Å²) in [4.78, 5) is 7.13. The molecule has 1 saturated heterocycles. The van der Waals surface area contributed by atoms with Crippen molar-refractivity contribution >= 4 is 23.4 Å². The molecule has 0 atom stereocenters. The van der Waals surface area contributed by atoms with Gasteiger partial charge in [-0.1, -0.05) is 36.9 Å². The zero-order valence-electron chi connectivity index (χ0n) is 11.9. The second kappa shape index (κ2) is 7.15. The van der Waals surface area contributed by atoms with E-state index in [1.54, 1.807) is 0 Å². The molecule has 1 aromatic heterocycles. The van der Waals surface area contributed by atoms with Crippen molar-refractivity contribution in [3.63, 3.8) is 0 Å². The Labute approximate surface area is 131 Å². The first kappa shape index (κ1) is 14.7. The first-order valence-corrected chi connectivity index (χ1v) is 9.10. The summed E-state index contributed by atoms with van der Waals surface area (Å²) in [6.45, 7) is 2.53. The van der Waals surface area contributed by atoms with E-state index in [-0.39, 0.29) is 0 Å². The Morgan fingerprint density at radius 3 is 2.50 bits per heavy atom. The van der Waals surface area contributed by atoms with E-state index in [0.717, 1.165) is 11.1 Å². The lowest BCUT2D eigenvalue weighted by atomic mass is 9.93. The average molecular weight is 311 g/mol. The average Bonchev–Trinajstić information content (AvgIpc) is 2.49. The molecule has 0 radical (unpaired) electrons. The monoisotopic (exact) mass is 310 g/mol. The van der Waals surface area contributed by atoms with E-state index < -0.39 is 0 Å². The predicted molar refractivity (Wildman–Crippen MR) is 86.6 cm³/mol. The van der Waals surface area contributed by atoms with Gasteiger partial charge in [0, 0.05) is 11.3 Å². The third-order valence-corrected chi connectivity index (χ3v) is 6.03. The summed E-state index contributed by atoms with van der Waals surface area (Å²) in [5.41, 5.74) is 0. The number of hydrogen-bond donors (Lipinski definition) is 0. The van der Waals surface area contributed by atoms with Crippen LogP contribution in [0.4, 0.5) is 0 Å². The highest BCUT2D eigenvalue weighted by molar-refractivity contribution is 7.99. The number of thioether (sulfide) groups is 1. The summed E-state index contributed by atoms with van der Waals surface area (Å²) in [5.74, 6) is 0. The Morgan fingerprint density at radius 1 is 1.05 bits per heavy atom. The normalized spacial score (nSPS) is 23.1. The van der Waals surface area contributed by atoms with E-state index in [0.29, 0.717) is 10.4 Å². The molecule has 0 aromatic carbocycles. The van der Waals surface area contributed by atoms with Crippen molar-refractivity contribution in [1.29, 1.82) is 0 Å². The first-order valence-electron chi connectivity index (χ1n) is 7.84. The van der Waals surface area contributed by atoms with Crippen molar-refractivity contribution in [2.45, 2.75) is 61.3 Å². The van der Waals surface area contributed by atoms with Crippen LogP contribution in [0.25, 0.3) is 0 Å². The van der Waals surface area contributed by atoms with Gasteiger partial charge < -0.3 is 4.90 Å². The number of aromatic nitrogens is 1. The quantitative estimate of drug-likeness (QED) is 0.758. The molecule has 1 aliphatic carbocycles. The number of halogens is 1. The van der Waals surface area contributed by atoms with Crippen LogP contribution in [-0.2, 0) is 0 Å². The van der Waals surface area contributed by atoms with Gasteiger partial charge in [0.2, 0.25) is 0 Å². The Morgan fingerprint density at radius 2 is 1.80 bits per heavy atom. The molecule has 4 heteroatoms. The van der Waals surface area contributed by atoms with Crippen molar-refractivity contribution in [2.75, 3.05) is 13.1 Å². The Bertz CT molecular complexity index is 426. The molecule has 0 N–H and O–H groups in total. The number of piperidine rings is 1. The Kier molecular flexibility index (Phi) is 5.24. The molecule has 2 aliphatic rings. The minimum absolute atomic E-state index is 0.606. The molecule has 3 rings (SSSR count). The van der Waals surface area contributed by atoms with Gasteiger partial charge in [-0.25, -0.2) is 4.98 Å². The lowest BCUT2D eigenvalue weighted by molar-refractivity contribution is 0.133. The van der Waals surface area contributed by atoms with Gasteiger partial charge in [-0.2, -0.15) is 0 Å². The highest BCUT2D eigenvalue weighted by Crippen LogP contribution is 2.32. The summed E-state index contributed by atoms with van der Waals surface area (Å²) in [6, 6.07) is 6.79. The molecule has 110 valence electrons. The van der Waals surface area contributed by atoms with E-state index in [1.165, 1.54) is 58.0 Å². The number of pyridine rings is 1. The summed E-state index contributed by atoms with van der Waals surface area (Å²) in [6.07, 6.45) is 9.74. The Balaban J connectivity index is 1.48. The standard InChI is InChI=1S/C16H23ClN2S/c17-15-7-4-8-16(18-15)20-14-9-11-19(12-10-14)13-5-2-1-3-6-13/h4,7-8,13-14H,1-3,5-6,9-12H2. The van der Waals surface area contributed by atoms with Gasteiger partial charge in [-0.3, -0.25) is 0 Å². The number of nitrogens with zero attached hydrogens (tertiary/aromatic N) is 2. The zero-order valence-corrected chi connectivity index (χ0v) is 13.5. The zero-order chi connectivity index (χ0) is 13.8.